The van der Waals surface area contributed by atoms with Crippen LogP contribution in [0.5, 0.6) is 0 Å². The number of hydrogen-bond donors (Lipinski definition) is 0. The first-order chi connectivity index (χ1) is 16.4. The van der Waals surface area contributed by atoms with E-state index < -0.39 is 80.9 Å². The third-order valence-electron chi connectivity index (χ3n) is 4.80. The average Bonchev–Trinajstić information content (AvgIpc) is 2.74. The lowest BCUT2D eigenvalue weighted by molar-refractivity contribution is -0.458. The van der Waals surface area contributed by atoms with E-state index >= 15 is 0 Å². The minimum Gasteiger partial charge on any atom is -0.299 e. The minimum absolute atomic E-state index is 0.0220. The van der Waals surface area contributed by atoms with E-state index in [9.17, 15) is 83.1 Å². The molecule has 0 aliphatic heterocycles. The van der Waals surface area contributed by atoms with Gasteiger partial charge >= 0.3 is 47.0 Å². The van der Waals surface area contributed by atoms with Gasteiger partial charge in [-0.05, 0) is 6.42 Å². The Labute approximate surface area is 202 Å². The Balaban J connectivity index is 6.53. The number of sulfonamides is 1. The van der Waals surface area contributed by atoms with Gasteiger partial charge in [0, 0.05) is 27.2 Å². The molecule has 0 N–H and O–H groups in total. The lowest BCUT2D eigenvalue weighted by Gasteiger charge is -2.42. The zero-order valence-electron chi connectivity index (χ0n) is 18.8. The van der Waals surface area contributed by atoms with E-state index in [4.69, 9.17) is 4.84 Å². The van der Waals surface area contributed by atoms with Gasteiger partial charge in [0.1, 0.15) is 0 Å². The Hall–Kier alpha value is -1.36. The Morgan fingerprint density at radius 3 is 1.29 bits per heavy atom. The predicted octanol–water partition coefficient (Wildman–Crippen LogP) is 5.49. The van der Waals surface area contributed by atoms with E-state index in [1.807, 2.05) is 0 Å². The molecule has 0 saturated carbocycles. The highest BCUT2D eigenvalue weighted by molar-refractivity contribution is 7.90. The van der Waals surface area contributed by atoms with Crippen molar-refractivity contribution in [3.8, 4) is 0 Å². The van der Waals surface area contributed by atoms with Crippen molar-refractivity contribution in [1.82, 2.24) is 9.37 Å². The van der Waals surface area contributed by atoms with Gasteiger partial charge in [-0.1, -0.05) is 6.92 Å². The van der Waals surface area contributed by atoms with Crippen LogP contribution in [0.15, 0.2) is 0 Å². The van der Waals surface area contributed by atoms with Crippen LogP contribution in [0.2, 0.25) is 0 Å². The summed E-state index contributed by atoms with van der Waals surface area (Å²) in [6.07, 6.45) is -8.55. The first-order valence-corrected chi connectivity index (χ1v) is 10.8. The van der Waals surface area contributed by atoms with Crippen molar-refractivity contribution in [2.75, 3.05) is 33.8 Å². The summed E-state index contributed by atoms with van der Waals surface area (Å²) < 4.78 is 248. The molecule has 0 unspecified atom stereocenters. The molecule has 0 aromatic heterocycles. The zero-order chi connectivity index (χ0) is 31.2. The standard InChI is InChI=1S/C15H17F17N2O3S/c1-4-33(2)37-7-5-6-34(3)38(35,36)15(31,32)13(26,27)11(22,23)9(18,19)8(16,17)10(20,21)12(24,25)14(28,29)30/h4-7H2,1-3H3. The summed E-state index contributed by atoms with van der Waals surface area (Å²) in [5.41, 5.74) is 0. The van der Waals surface area contributed by atoms with Crippen molar-refractivity contribution in [2.45, 2.75) is 60.3 Å². The van der Waals surface area contributed by atoms with Crippen LogP contribution >= 0.6 is 0 Å². The van der Waals surface area contributed by atoms with Crippen LogP contribution in [0.25, 0.3) is 0 Å². The summed E-state index contributed by atoms with van der Waals surface area (Å²) in [6, 6.07) is 0. The second-order valence-electron chi connectivity index (χ2n) is 7.42. The van der Waals surface area contributed by atoms with E-state index in [1.54, 1.807) is 0 Å². The lowest BCUT2D eigenvalue weighted by atomic mass is 9.91. The molecule has 0 aliphatic rings. The van der Waals surface area contributed by atoms with Crippen LogP contribution < -0.4 is 0 Å². The molecular formula is C15H17F17N2O3S. The Morgan fingerprint density at radius 1 is 0.605 bits per heavy atom. The van der Waals surface area contributed by atoms with Crippen molar-refractivity contribution in [2.24, 2.45) is 0 Å². The van der Waals surface area contributed by atoms with Crippen LogP contribution in [0.1, 0.15) is 13.3 Å². The number of rotatable bonds is 14. The number of hydrogen-bond acceptors (Lipinski definition) is 4. The first-order valence-electron chi connectivity index (χ1n) is 9.39. The van der Waals surface area contributed by atoms with Gasteiger partial charge in [0.25, 0.3) is 10.0 Å². The fraction of sp³-hybridized carbons (Fsp3) is 1.00. The fourth-order valence-corrected chi connectivity index (χ4v) is 3.44. The number of nitrogens with zero attached hydrogens (tertiary/aromatic N) is 2. The summed E-state index contributed by atoms with van der Waals surface area (Å²) in [6.45, 7) is -0.145. The monoisotopic (exact) mass is 628 g/mol. The number of alkyl halides is 17. The van der Waals surface area contributed by atoms with Gasteiger partial charge in [0.05, 0.1) is 6.61 Å². The molecule has 0 aromatic carbocycles. The molecule has 0 aromatic rings. The van der Waals surface area contributed by atoms with Gasteiger partial charge in [0.2, 0.25) is 0 Å². The SMILES string of the molecule is CCN(C)OCCCN(C)S(=O)(=O)C(F)(F)C(F)(F)C(F)(F)C(F)(F)C(F)(F)C(F)(F)C(F)(F)C(F)(F)F. The average molecular weight is 628 g/mol. The number of hydroxylamine groups is 2. The molecule has 0 heterocycles. The van der Waals surface area contributed by atoms with Crippen LogP contribution in [-0.4, -0.2) is 98.5 Å². The van der Waals surface area contributed by atoms with E-state index in [-0.39, 0.29) is 13.6 Å². The maximum absolute atomic E-state index is 14.1. The van der Waals surface area contributed by atoms with Crippen molar-refractivity contribution >= 4 is 10.0 Å². The van der Waals surface area contributed by atoms with E-state index in [1.165, 1.54) is 14.0 Å². The second-order valence-corrected chi connectivity index (χ2v) is 9.50. The molecule has 0 atom stereocenters. The van der Waals surface area contributed by atoms with Gasteiger partial charge in [-0.2, -0.15) is 84.0 Å². The Kier molecular flexibility index (Phi) is 10.2. The second kappa shape index (κ2) is 10.6. The van der Waals surface area contributed by atoms with Gasteiger partial charge < -0.3 is 0 Å². The summed E-state index contributed by atoms with van der Waals surface area (Å²) in [4.78, 5) is 4.79. The van der Waals surface area contributed by atoms with Crippen molar-refractivity contribution in [3.05, 3.63) is 0 Å². The lowest BCUT2D eigenvalue weighted by Crippen LogP contribution is -2.75. The molecule has 0 fully saturated rings. The Morgan fingerprint density at radius 2 is 0.947 bits per heavy atom. The molecule has 0 radical (unpaired) electrons. The third kappa shape index (κ3) is 5.34. The molecule has 0 saturated heterocycles. The van der Waals surface area contributed by atoms with E-state index in [0.29, 0.717) is 0 Å². The van der Waals surface area contributed by atoms with E-state index in [2.05, 4.69) is 0 Å². The molecule has 0 rings (SSSR count). The fourth-order valence-electron chi connectivity index (χ4n) is 2.23. The van der Waals surface area contributed by atoms with Crippen LogP contribution in [0.4, 0.5) is 74.6 Å². The van der Waals surface area contributed by atoms with Crippen LogP contribution in [0, 0.1) is 0 Å². The van der Waals surface area contributed by atoms with Crippen LogP contribution in [0.3, 0.4) is 0 Å². The predicted molar refractivity (Wildman–Crippen MR) is 91.1 cm³/mol. The molecule has 23 heteroatoms. The molecule has 38 heavy (non-hydrogen) atoms. The highest BCUT2D eigenvalue weighted by Crippen LogP contribution is 2.64. The summed E-state index contributed by atoms with van der Waals surface area (Å²) in [5, 5.41) is -6.49. The smallest absolute Gasteiger partial charge is 0.299 e. The van der Waals surface area contributed by atoms with Crippen molar-refractivity contribution in [3.63, 3.8) is 0 Å². The topological polar surface area (TPSA) is 49.9 Å². The normalized spacial score (nSPS) is 16.1. The zero-order valence-corrected chi connectivity index (χ0v) is 19.6. The molecular weight excluding hydrogens is 611 g/mol. The third-order valence-corrected chi connectivity index (χ3v) is 6.71. The molecule has 0 aliphatic carbocycles. The quantitative estimate of drug-likeness (QED) is 0.145. The Bertz CT molecular complexity index is 920. The van der Waals surface area contributed by atoms with E-state index in [0.717, 1.165) is 5.06 Å². The van der Waals surface area contributed by atoms with Gasteiger partial charge in [-0.15, -0.1) is 0 Å². The van der Waals surface area contributed by atoms with Crippen molar-refractivity contribution < 1.29 is 87.9 Å². The summed E-state index contributed by atoms with van der Waals surface area (Å²) in [7, 11) is -6.00. The molecule has 230 valence electrons. The number of halogens is 17. The van der Waals surface area contributed by atoms with Gasteiger partial charge in [-0.25, -0.2) is 8.42 Å². The van der Waals surface area contributed by atoms with Gasteiger partial charge in [0.15, 0.2) is 0 Å². The highest BCUT2D eigenvalue weighted by atomic mass is 32.2. The molecule has 0 amide bonds. The van der Waals surface area contributed by atoms with Crippen LogP contribution in [-0.2, 0) is 14.9 Å². The molecule has 0 bridgehead atoms. The minimum atomic E-state index is -8.85. The largest absolute Gasteiger partial charge is 0.460 e. The van der Waals surface area contributed by atoms with Crippen molar-refractivity contribution in [1.29, 1.82) is 0 Å². The molecule has 5 nitrogen and oxygen atoms in total. The maximum Gasteiger partial charge on any atom is 0.460 e. The summed E-state index contributed by atoms with van der Waals surface area (Å²) >= 11 is 0. The molecule has 0 spiro atoms. The van der Waals surface area contributed by atoms with Gasteiger partial charge in [-0.3, -0.25) is 4.84 Å². The summed E-state index contributed by atoms with van der Waals surface area (Å²) in [5.74, 6) is -51.7. The highest BCUT2D eigenvalue weighted by Gasteiger charge is 2.96. The first kappa shape index (κ1) is 36.6. The maximum atomic E-state index is 14.1.